The number of hydrogen-bond donors (Lipinski definition) is 1. The summed E-state index contributed by atoms with van der Waals surface area (Å²) in [6.07, 6.45) is 4.34. The molecule has 0 heterocycles. The van der Waals surface area contributed by atoms with E-state index in [-0.39, 0.29) is 0 Å². The van der Waals surface area contributed by atoms with E-state index in [0.29, 0.717) is 0 Å². The minimum Gasteiger partial charge on any atom is -0.387 e. The van der Waals surface area contributed by atoms with Gasteiger partial charge < -0.3 is 5.32 Å². The van der Waals surface area contributed by atoms with Crippen molar-refractivity contribution in [3.8, 4) is 0 Å². The molecule has 0 unspecified atom stereocenters. The SMILES string of the molecule is C=CNCc1ccccc1.CCCC. The molecule has 1 aromatic carbocycles. The predicted molar refractivity (Wildman–Crippen MR) is 64.1 cm³/mol. The van der Waals surface area contributed by atoms with Crippen molar-refractivity contribution in [3.63, 3.8) is 0 Å². The lowest BCUT2D eigenvalue weighted by atomic mass is 10.2. The van der Waals surface area contributed by atoms with Gasteiger partial charge in [0.15, 0.2) is 0 Å². The highest BCUT2D eigenvalue weighted by atomic mass is 14.8. The van der Waals surface area contributed by atoms with Crippen molar-refractivity contribution in [2.45, 2.75) is 33.2 Å². The predicted octanol–water partition coefficient (Wildman–Crippen LogP) is 3.73. The van der Waals surface area contributed by atoms with E-state index in [2.05, 4.69) is 37.9 Å². The van der Waals surface area contributed by atoms with Gasteiger partial charge in [0.05, 0.1) is 0 Å². The molecule has 0 amide bonds. The Hall–Kier alpha value is -1.24. The summed E-state index contributed by atoms with van der Waals surface area (Å²) in [5.41, 5.74) is 1.28. The molecule has 1 nitrogen and oxygen atoms in total. The second kappa shape index (κ2) is 9.85. The first-order chi connectivity index (χ1) is 6.85. The van der Waals surface area contributed by atoms with E-state index < -0.39 is 0 Å². The van der Waals surface area contributed by atoms with Crippen LogP contribution in [-0.4, -0.2) is 0 Å². The van der Waals surface area contributed by atoms with Crippen LogP contribution in [0.2, 0.25) is 0 Å². The van der Waals surface area contributed by atoms with Gasteiger partial charge in [0, 0.05) is 6.54 Å². The summed E-state index contributed by atoms with van der Waals surface area (Å²) in [6.45, 7) is 8.79. The Balaban J connectivity index is 0.000000364. The van der Waals surface area contributed by atoms with Crippen molar-refractivity contribution in [1.82, 2.24) is 5.32 Å². The van der Waals surface area contributed by atoms with Gasteiger partial charge in [-0.3, -0.25) is 0 Å². The lowest BCUT2D eigenvalue weighted by Crippen LogP contribution is -2.02. The van der Waals surface area contributed by atoms with Gasteiger partial charge in [-0.2, -0.15) is 0 Å². The van der Waals surface area contributed by atoms with E-state index in [4.69, 9.17) is 0 Å². The monoisotopic (exact) mass is 191 g/mol. The zero-order chi connectivity index (χ0) is 10.6. The van der Waals surface area contributed by atoms with Crippen LogP contribution in [-0.2, 0) is 6.54 Å². The smallest absolute Gasteiger partial charge is 0.0395 e. The van der Waals surface area contributed by atoms with Crippen molar-refractivity contribution >= 4 is 0 Å². The third-order valence-corrected chi connectivity index (χ3v) is 1.79. The molecule has 0 saturated heterocycles. The minimum atomic E-state index is 0.865. The van der Waals surface area contributed by atoms with E-state index in [1.165, 1.54) is 18.4 Å². The van der Waals surface area contributed by atoms with Gasteiger partial charge in [-0.05, 0) is 11.8 Å². The molecule has 0 aromatic heterocycles. The van der Waals surface area contributed by atoms with Crippen LogP contribution in [0.3, 0.4) is 0 Å². The lowest BCUT2D eigenvalue weighted by Gasteiger charge is -1.98. The van der Waals surface area contributed by atoms with Crippen LogP contribution >= 0.6 is 0 Å². The van der Waals surface area contributed by atoms with E-state index in [0.717, 1.165) is 6.54 Å². The normalized spacial score (nSPS) is 8.43. The Morgan fingerprint density at radius 1 is 1.14 bits per heavy atom. The molecule has 78 valence electrons. The maximum Gasteiger partial charge on any atom is 0.0395 e. The quantitative estimate of drug-likeness (QED) is 0.764. The van der Waals surface area contributed by atoms with E-state index in [9.17, 15) is 0 Å². The number of hydrogen-bond acceptors (Lipinski definition) is 1. The van der Waals surface area contributed by atoms with Gasteiger partial charge in [0.1, 0.15) is 0 Å². The first-order valence-electron chi connectivity index (χ1n) is 5.23. The third-order valence-electron chi connectivity index (χ3n) is 1.79. The molecule has 14 heavy (non-hydrogen) atoms. The Kier molecular flexibility index (Phi) is 8.97. The maximum absolute atomic E-state index is 3.56. The molecule has 1 rings (SSSR count). The van der Waals surface area contributed by atoms with E-state index in [1.54, 1.807) is 6.20 Å². The van der Waals surface area contributed by atoms with Crippen LogP contribution < -0.4 is 5.32 Å². The summed E-state index contributed by atoms with van der Waals surface area (Å²) in [5.74, 6) is 0. The van der Waals surface area contributed by atoms with Gasteiger partial charge in [-0.15, -0.1) is 0 Å². The summed E-state index contributed by atoms with van der Waals surface area (Å²) in [5, 5.41) is 3.03. The molecule has 1 heteroatoms. The highest BCUT2D eigenvalue weighted by Gasteiger charge is 1.84. The summed E-state index contributed by atoms with van der Waals surface area (Å²) >= 11 is 0. The summed E-state index contributed by atoms with van der Waals surface area (Å²) < 4.78 is 0. The van der Waals surface area contributed by atoms with Crippen LogP contribution in [0, 0.1) is 0 Å². The van der Waals surface area contributed by atoms with E-state index >= 15 is 0 Å². The van der Waals surface area contributed by atoms with E-state index in [1.807, 2.05) is 18.2 Å². The molecule has 0 aliphatic rings. The Morgan fingerprint density at radius 2 is 1.71 bits per heavy atom. The molecular weight excluding hydrogens is 170 g/mol. The summed E-state index contributed by atoms with van der Waals surface area (Å²) in [7, 11) is 0. The molecule has 1 N–H and O–H groups in total. The number of unbranched alkanes of at least 4 members (excludes halogenated alkanes) is 1. The van der Waals surface area contributed by atoms with Crippen LogP contribution in [0.1, 0.15) is 32.3 Å². The topological polar surface area (TPSA) is 12.0 Å². The maximum atomic E-state index is 3.56. The molecule has 0 atom stereocenters. The van der Waals surface area contributed by atoms with Crippen molar-refractivity contribution in [2.75, 3.05) is 0 Å². The second-order valence-corrected chi connectivity index (χ2v) is 3.07. The van der Waals surface area contributed by atoms with Crippen molar-refractivity contribution in [2.24, 2.45) is 0 Å². The number of rotatable bonds is 4. The van der Waals surface area contributed by atoms with Gasteiger partial charge in [0.2, 0.25) is 0 Å². The number of nitrogens with one attached hydrogen (secondary N) is 1. The zero-order valence-corrected chi connectivity index (χ0v) is 9.29. The molecule has 0 saturated carbocycles. The van der Waals surface area contributed by atoms with Gasteiger partial charge in [0.25, 0.3) is 0 Å². The average Bonchev–Trinajstić information content (AvgIpc) is 2.28. The highest BCUT2D eigenvalue weighted by Crippen LogP contribution is 1.96. The molecule has 0 bridgehead atoms. The standard InChI is InChI=1S/C9H11N.C4H10/c1-2-10-8-9-6-4-3-5-7-9;1-3-4-2/h2-7,10H,1,8H2;3-4H2,1-2H3. The highest BCUT2D eigenvalue weighted by molar-refractivity contribution is 5.14. The van der Waals surface area contributed by atoms with Crippen molar-refractivity contribution in [1.29, 1.82) is 0 Å². The molecule has 0 aliphatic heterocycles. The molecule has 0 aliphatic carbocycles. The van der Waals surface area contributed by atoms with Crippen molar-refractivity contribution < 1.29 is 0 Å². The lowest BCUT2D eigenvalue weighted by molar-refractivity contribution is 0.872. The molecular formula is C13H21N. The molecule has 1 aromatic rings. The minimum absolute atomic E-state index is 0.865. The Bertz CT molecular complexity index is 214. The third kappa shape index (κ3) is 7.41. The van der Waals surface area contributed by atoms with Crippen LogP contribution in [0.25, 0.3) is 0 Å². The first kappa shape index (κ1) is 12.8. The zero-order valence-electron chi connectivity index (χ0n) is 9.29. The fourth-order valence-corrected chi connectivity index (χ4v) is 0.786. The fraction of sp³-hybridized carbons (Fsp3) is 0.385. The molecule has 0 radical (unpaired) electrons. The van der Waals surface area contributed by atoms with Crippen molar-refractivity contribution in [3.05, 3.63) is 48.7 Å². The fourth-order valence-electron chi connectivity index (χ4n) is 0.786. The largest absolute Gasteiger partial charge is 0.387 e. The second-order valence-electron chi connectivity index (χ2n) is 3.07. The van der Waals surface area contributed by atoms with Gasteiger partial charge in [-0.25, -0.2) is 0 Å². The summed E-state index contributed by atoms with van der Waals surface area (Å²) in [4.78, 5) is 0. The summed E-state index contributed by atoms with van der Waals surface area (Å²) in [6, 6.07) is 10.2. The van der Waals surface area contributed by atoms with Gasteiger partial charge in [-0.1, -0.05) is 63.6 Å². The number of benzene rings is 1. The Labute approximate surface area is 87.9 Å². The first-order valence-corrected chi connectivity index (χ1v) is 5.23. The van der Waals surface area contributed by atoms with Crippen LogP contribution in [0.4, 0.5) is 0 Å². The average molecular weight is 191 g/mol. The molecule has 0 fully saturated rings. The molecule has 0 spiro atoms. The Morgan fingerprint density at radius 3 is 2.14 bits per heavy atom. The van der Waals surface area contributed by atoms with Crippen LogP contribution in [0.5, 0.6) is 0 Å². The van der Waals surface area contributed by atoms with Crippen LogP contribution in [0.15, 0.2) is 43.1 Å². The van der Waals surface area contributed by atoms with Gasteiger partial charge >= 0.3 is 0 Å².